The molecular formula is C12H15N3O2S2. The van der Waals surface area contributed by atoms with E-state index in [1.165, 1.54) is 18.4 Å². The molecule has 0 aromatic carbocycles. The Labute approximate surface area is 120 Å². The lowest BCUT2D eigenvalue weighted by Crippen LogP contribution is -1.98. The Balaban J connectivity index is 2.02. The highest BCUT2D eigenvalue weighted by Crippen LogP contribution is 2.26. The Kier molecular flexibility index (Phi) is 4.60. The van der Waals surface area contributed by atoms with Crippen molar-refractivity contribution < 1.29 is 9.53 Å². The average Bonchev–Trinajstić information content (AvgIpc) is 3.02. The highest BCUT2D eigenvalue weighted by atomic mass is 32.2. The van der Waals surface area contributed by atoms with E-state index in [2.05, 4.69) is 21.7 Å². The van der Waals surface area contributed by atoms with E-state index in [0.29, 0.717) is 4.88 Å². The largest absolute Gasteiger partial charge is 0.465 e. The quantitative estimate of drug-likeness (QED) is 0.627. The van der Waals surface area contributed by atoms with Crippen LogP contribution in [0.25, 0.3) is 0 Å². The fourth-order valence-electron chi connectivity index (χ4n) is 1.63. The van der Waals surface area contributed by atoms with Gasteiger partial charge >= 0.3 is 5.97 Å². The van der Waals surface area contributed by atoms with Gasteiger partial charge in [0, 0.05) is 17.2 Å². The summed E-state index contributed by atoms with van der Waals surface area (Å²) < 4.78 is 6.76. The second-order valence-electron chi connectivity index (χ2n) is 3.82. The lowest BCUT2D eigenvalue weighted by atomic mass is 10.4. The van der Waals surface area contributed by atoms with Crippen LogP contribution in [0.4, 0.5) is 0 Å². The summed E-state index contributed by atoms with van der Waals surface area (Å²) in [5, 5.41) is 9.13. The van der Waals surface area contributed by atoms with Gasteiger partial charge in [-0.15, -0.1) is 21.5 Å². The summed E-state index contributed by atoms with van der Waals surface area (Å²) in [6.45, 7) is 4.88. The van der Waals surface area contributed by atoms with E-state index in [0.717, 1.165) is 28.2 Å². The molecule has 0 fully saturated rings. The number of aromatic nitrogens is 3. The average molecular weight is 297 g/mol. The van der Waals surface area contributed by atoms with Crippen molar-refractivity contribution in [3.8, 4) is 0 Å². The van der Waals surface area contributed by atoms with Crippen LogP contribution < -0.4 is 0 Å². The van der Waals surface area contributed by atoms with Gasteiger partial charge in [0.2, 0.25) is 0 Å². The van der Waals surface area contributed by atoms with Crippen LogP contribution in [0.3, 0.4) is 0 Å². The SMILES string of the molecule is CCn1c(C)nnc1SCc1ccc(C(=O)OC)s1. The number of thioether (sulfide) groups is 1. The maximum absolute atomic E-state index is 11.4. The van der Waals surface area contributed by atoms with Gasteiger partial charge in [0.05, 0.1) is 7.11 Å². The van der Waals surface area contributed by atoms with Crippen molar-refractivity contribution in [2.24, 2.45) is 0 Å². The summed E-state index contributed by atoms with van der Waals surface area (Å²) in [5.74, 6) is 1.42. The third-order valence-corrected chi connectivity index (χ3v) is 4.87. The minimum Gasteiger partial charge on any atom is -0.465 e. The Bertz CT molecular complexity index is 577. The number of aryl methyl sites for hydroxylation is 1. The summed E-state index contributed by atoms with van der Waals surface area (Å²) in [5.41, 5.74) is 0. The number of methoxy groups -OCH3 is 1. The van der Waals surface area contributed by atoms with E-state index in [9.17, 15) is 4.79 Å². The number of esters is 1. The number of rotatable bonds is 5. The molecule has 5 nitrogen and oxygen atoms in total. The Morgan fingerprint density at radius 1 is 1.47 bits per heavy atom. The van der Waals surface area contributed by atoms with Gasteiger partial charge in [0.25, 0.3) is 0 Å². The van der Waals surface area contributed by atoms with Crippen molar-refractivity contribution >= 4 is 29.1 Å². The molecule has 102 valence electrons. The van der Waals surface area contributed by atoms with Gasteiger partial charge in [-0.2, -0.15) is 0 Å². The van der Waals surface area contributed by atoms with Crippen LogP contribution in [0, 0.1) is 6.92 Å². The first-order valence-electron chi connectivity index (χ1n) is 5.85. The fraction of sp³-hybridized carbons (Fsp3) is 0.417. The molecule has 0 aliphatic carbocycles. The number of thiophene rings is 1. The Morgan fingerprint density at radius 2 is 2.26 bits per heavy atom. The van der Waals surface area contributed by atoms with Crippen molar-refractivity contribution in [2.75, 3.05) is 7.11 Å². The zero-order valence-corrected chi connectivity index (χ0v) is 12.7. The third-order valence-electron chi connectivity index (χ3n) is 2.61. The highest BCUT2D eigenvalue weighted by molar-refractivity contribution is 7.98. The second-order valence-corrected chi connectivity index (χ2v) is 5.93. The van der Waals surface area contributed by atoms with Gasteiger partial charge in [0.1, 0.15) is 10.7 Å². The summed E-state index contributed by atoms with van der Waals surface area (Å²) in [6, 6.07) is 3.74. The Hall–Kier alpha value is -1.34. The first-order valence-corrected chi connectivity index (χ1v) is 7.65. The monoisotopic (exact) mass is 297 g/mol. The predicted molar refractivity (Wildman–Crippen MR) is 75.7 cm³/mol. The fourth-order valence-corrected chi connectivity index (χ4v) is 3.65. The maximum Gasteiger partial charge on any atom is 0.348 e. The standard InChI is InChI=1S/C12H15N3O2S2/c1-4-15-8(2)13-14-12(15)18-7-9-5-6-10(19-9)11(16)17-3/h5-6H,4,7H2,1-3H3. The molecule has 2 rings (SSSR count). The molecule has 0 aliphatic heterocycles. The molecule has 0 unspecified atom stereocenters. The molecule has 0 amide bonds. The van der Waals surface area contributed by atoms with Crippen LogP contribution in [0.2, 0.25) is 0 Å². The highest BCUT2D eigenvalue weighted by Gasteiger charge is 2.11. The zero-order valence-electron chi connectivity index (χ0n) is 11.0. The van der Waals surface area contributed by atoms with Crippen molar-refractivity contribution in [1.29, 1.82) is 0 Å². The smallest absolute Gasteiger partial charge is 0.348 e. The number of hydrogen-bond donors (Lipinski definition) is 0. The van der Waals surface area contributed by atoms with Gasteiger partial charge in [-0.05, 0) is 26.0 Å². The summed E-state index contributed by atoms with van der Waals surface area (Å²) >= 11 is 3.08. The third kappa shape index (κ3) is 3.16. The van der Waals surface area contributed by atoms with E-state index in [1.807, 2.05) is 13.0 Å². The van der Waals surface area contributed by atoms with Crippen molar-refractivity contribution in [3.63, 3.8) is 0 Å². The predicted octanol–water partition coefficient (Wildman–Crippen LogP) is 2.75. The van der Waals surface area contributed by atoms with Crippen molar-refractivity contribution in [2.45, 2.75) is 31.3 Å². The summed E-state index contributed by atoms with van der Waals surface area (Å²) in [6.07, 6.45) is 0. The number of hydrogen-bond acceptors (Lipinski definition) is 6. The topological polar surface area (TPSA) is 57.0 Å². The van der Waals surface area contributed by atoms with Gasteiger partial charge in [-0.1, -0.05) is 11.8 Å². The minimum atomic E-state index is -0.284. The van der Waals surface area contributed by atoms with Crippen LogP contribution >= 0.6 is 23.1 Å². The zero-order chi connectivity index (χ0) is 13.8. The second kappa shape index (κ2) is 6.21. The molecule has 2 aromatic heterocycles. The number of ether oxygens (including phenoxy) is 1. The summed E-state index contributed by atoms with van der Waals surface area (Å²) in [7, 11) is 1.39. The van der Waals surface area contributed by atoms with Gasteiger partial charge in [-0.25, -0.2) is 4.79 Å². The lowest BCUT2D eigenvalue weighted by Gasteiger charge is -2.03. The molecule has 0 radical (unpaired) electrons. The van der Waals surface area contributed by atoms with E-state index < -0.39 is 0 Å². The molecule has 19 heavy (non-hydrogen) atoms. The van der Waals surface area contributed by atoms with E-state index >= 15 is 0 Å². The first-order chi connectivity index (χ1) is 9.15. The number of carbonyl (C=O) groups is 1. The van der Waals surface area contributed by atoms with Crippen LogP contribution in [-0.2, 0) is 17.0 Å². The molecule has 7 heteroatoms. The minimum absolute atomic E-state index is 0.284. The van der Waals surface area contributed by atoms with Crippen LogP contribution in [0.5, 0.6) is 0 Å². The molecule has 0 atom stereocenters. The molecule has 0 N–H and O–H groups in total. The molecule has 0 saturated carbocycles. The number of nitrogens with zero attached hydrogens (tertiary/aromatic N) is 3. The van der Waals surface area contributed by atoms with E-state index in [1.54, 1.807) is 17.8 Å². The maximum atomic E-state index is 11.4. The number of carbonyl (C=O) groups excluding carboxylic acids is 1. The van der Waals surface area contributed by atoms with E-state index in [4.69, 9.17) is 4.74 Å². The lowest BCUT2D eigenvalue weighted by molar-refractivity contribution is 0.0606. The van der Waals surface area contributed by atoms with Crippen LogP contribution in [-0.4, -0.2) is 27.8 Å². The summed E-state index contributed by atoms with van der Waals surface area (Å²) in [4.78, 5) is 13.1. The molecule has 2 heterocycles. The van der Waals surface area contributed by atoms with Gasteiger partial charge < -0.3 is 9.30 Å². The molecule has 2 aromatic rings. The van der Waals surface area contributed by atoms with Crippen LogP contribution in [0.15, 0.2) is 17.3 Å². The molecule has 0 aliphatic rings. The van der Waals surface area contributed by atoms with Crippen molar-refractivity contribution in [3.05, 3.63) is 27.7 Å². The van der Waals surface area contributed by atoms with Gasteiger partial charge in [-0.3, -0.25) is 0 Å². The van der Waals surface area contributed by atoms with Gasteiger partial charge in [0.15, 0.2) is 5.16 Å². The van der Waals surface area contributed by atoms with E-state index in [-0.39, 0.29) is 5.97 Å². The molecule has 0 spiro atoms. The molecular weight excluding hydrogens is 282 g/mol. The normalized spacial score (nSPS) is 10.7. The Morgan fingerprint density at radius 3 is 2.95 bits per heavy atom. The van der Waals surface area contributed by atoms with Crippen molar-refractivity contribution in [1.82, 2.24) is 14.8 Å². The first kappa shape index (κ1) is 14.1. The van der Waals surface area contributed by atoms with Crippen LogP contribution in [0.1, 0.15) is 27.3 Å². The molecule has 0 bridgehead atoms. The molecule has 0 saturated heterocycles.